The lowest BCUT2D eigenvalue weighted by Crippen LogP contribution is -2.32. The third-order valence-electron chi connectivity index (χ3n) is 5.60. The van der Waals surface area contributed by atoms with Crippen molar-refractivity contribution in [3.8, 4) is 0 Å². The minimum atomic E-state index is -3.33. The van der Waals surface area contributed by atoms with Crippen LogP contribution in [0.3, 0.4) is 0 Å². The first kappa shape index (κ1) is 31.5. The van der Waals surface area contributed by atoms with Crippen LogP contribution in [-0.4, -0.2) is 58.1 Å². The zero-order valence-electron chi connectivity index (χ0n) is 21.2. The van der Waals surface area contributed by atoms with Crippen LogP contribution >= 0.6 is 22.8 Å². The van der Waals surface area contributed by atoms with Crippen LogP contribution in [0.1, 0.15) is 60.8 Å². The van der Waals surface area contributed by atoms with Gasteiger partial charge in [-0.05, 0) is 78.6 Å². The fourth-order valence-corrected chi connectivity index (χ4v) is 10.8. The van der Waals surface area contributed by atoms with Gasteiger partial charge in [0.1, 0.15) is 0 Å². The van der Waals surface area contributed by atoms with Gasteiger partial charge in [0.25, 0.3) is 0 Å². The summed E-state index contributed by atoms with van der Waals surface area (Å²) in [4.78, 5) is 0. The third-order valence-corrected chi connectivity index (χ3v) is 12.3. The van der Waals surface area contributed by atoms with Gasteiger partial charge in [-0.25, -0.2) is 0 Å². The van der Waals surface area contributed by atoms with Crippen LogP contribution in [0.4, 0.5) is 0 Å². The summed E-state index contributed by atoms with van der Waals surface area (Å²) in [5, 5.41) is 0. The first-order valence-electron chi connectivity index (χ1n) is 12.3. The second-order valence-electron chi connectivity index (χ2n) is 8.09. The average molecular weight is 535 g/mol. The average Bonchev–Trinajstić information content (AvgIpc) is 2.71. The lowest BCUT2D eigenvalue weighted by Gasteiger charge is -2.39. The molecule has 0 N–H and O–H groups in total. The van der Waals surface area contributed by atoms with Gasteiger partial charge in [0.2, 0.25) is 0 Å². The maximum atomic E-state index is 13.4. The van der Waals surface area contributed by atoms with Crippen molar-refractivity contribution in [3.63, 3.8) is 0 Å². The van der Waals surface area contributed by atoms with E-state index in [0.717, 1.165) is 12.8 Å². The van der Waals surface area contributed by atoms with E-state index >= 15 is 0 Å². The smallest absolute Gasteiger partial charge is 0.309 e. The second-order valence-corrected chi connectivity index (χ2v) is 14.4. The first-order chi connectivity index (χ1) is 15.6. The summed E-state index contributed by atoms with van der Waals surface area (Å²) in [5.74, 6) is -0.0953. The van der Waals surface area contributed by atoms with E-state index in [1.54, 1.807) is 41.5 Å². The van der Waals surface area contributed by atoms with Crippen LogP contribution in [0.25, 0.3) is 0 Å². The minimum absolute atomic E-state index is 0.0435. The predicted molar refractivity (Wildman–Crippen MR) is 131 cm³/mol. The summed E-state index contributed by atoms with van der Waals surface area (Å²) < 4.78 is 72.9. The molecule has 0 radical (unpaired) electrons. The Hall–Kier alpha value is 0.450. The molecule has 1 rings (SSSR count). The predicted octanol–water partition coefficient (Wildman–Crippen LogP) is 6.82. The molecule has 0 amide bonds. The van der Waals surface area contributed by atoms with E-state index in [1.807, 2.05) is 0 Å². The molecule has 0 unspecified atom stereocenters. The van der Waals surface area contributed by atoms with E-state index < -0.39 is 22.8 Å². The molecule has 0 aromatic carbocycles. The summed E-state index contributed by atoms with van der Waals surface area (Å²) in [5.41, 5.74) is 0. The molecule has 3 atom stereocenters. The fraction of sp³-hybridized carbons (Fsp3) is 1.00. The molecule has 0 bridgehead atoms. The molecular weight excluding hydrogens is 489 g/mol. The maximum absolute atomic E-state index is 13.4. The Balaban J connectivity index is 3.13. The van der Waals surface area contributed by atoms with Crippen molar-refractivity contribution in [1.29, 1.82) is 0 Å². The van der Waals surface area contributed by atoms with Gasteiger partial charge in [0.15, 0.2) is 0 Å². The molecule has 0 aliphatic heterocycles. The molecule has 0 aromatic rings. The van der Waals surface area contributed by atoms with Crippen molar-refractivity contribution in [2.75, 3.05) is 58.1 Å². The highest BCUT2D eigenvalue weighted by Crippen LogP contribution is 2.59. The topological polar surface area (TPSA) is 107 Å². The van der Waals surface area contributed by atoms with Crippen molar-refractivity contribution < 1.29 is 40.8 Å². The van der Waals surface area contributed by atoms with E-state index in [9.17, 15) is 13.7 Å². The molecule has 0 heterocycles. The fourth-order valence-electron chi connectivity index (χ4n) is 4.55. The number of hydrogen-bond donors (Lipinski definition) is 0. The Labute approximate surface area is 200 Å². The molecule has 33 heavy (non-hydrogen) atoms. The first-order valence-corrected chi connectivity index (χ1v) is 17.4. The van der Waals surface area contributed by atoms with Gasteiger partial charge in [-0.2, -0.15) is 0 Å². The van der Waals surface area contributed by atoms with Crippen molar-refractivity contribution in [3.05, 3.63) is 0 Å². The lowest BCUT2D eigenvalue weighted by molar-refractivity contribution is 0.164. The maximum Gasteiger partial charge on any atom is 0.330 e. The van der Waals surface area contributed by atoms with Crippen LogP contribution in [0.5, 0.6) is 0 Å². The van der Waals surface area contributed by atoms with Crippen LogP contribution in [0.15, 0.2) is 0 Å². The third kappa shape index (κ3) is 10.9. The number of hydrogen-bond acceptors (Lipinski definition) is 9. The monoisotopic (exact) mass is 534 g/mol. The molecule has 0 aromatic heterocycles. The molecule has 1 aliphatic carbocycles. The second kappa shape index (κ2) is 15.5. The van der Waals surface area contributed by atoms with Crippen molar-refractivity contribution in [2.24, 2.45) is 17.8 Å². The SMILES string of the molecule is CCOP(=O)(C[C@@H]1CC[C@@H](CP(=O)(OCC)OCC)[C@H](CP(=O)(OCC)OCC)C1)OCC. The minimum Gasteiger partial charge on any atom is -0.309 e. The zero-order chi connectivity index (χ0) is 25.0. The molecular formula is C21H45O9P3. The van der Waals surface area contributed by atoms with Crippen LogP contribution in [0.2, 0.25) is 0 Å². The molecule has 1 aliphatic rings. The zero-order valence-corrected chi connectivity index (χ0v) is 23.9. The highest BCUT2D eigenvalue weighted by molar-refractivity contribution is 7.54. The lowest BCUT2D eigenvalue weighted by atomic mass is 9.76. The van der Waals surface area contributed by atoms with Crippen molar-refractivity contribution in [1.82, 2.24) is 0 Å². The van der Waals surface area contributed by atoms with E-state index in [1.165, 1.54) is 0 Å². The number of rotatable bonds is 18. The van der Waals surface area contributed by atoms with Gasteiger partial charge in [-0.3, -0.25) is 13.7 Å². The summed E-state index contributed by atoms with van der Waals surface area (Å²) >= 11 is 0. The molecule has 0 saturated heterocycles. The molecule has 1 saturated carbocycles. The molecule has 0 spiro atoms. The quantitative estimate of drug-likeness (QED) is 0.175. The Morgan fingerprint density at radius 2 is 0.848 bits per heavy atom. The molecule has 1 fully saturated rings. The largest absolute Gasteiger partial charge is 0.330 e. The van der Waals surface area contributed by atoms with Gasteiger partial charge < -0.3 is 27.1 Å². The Morgan fingerprint density at radius 3 is 1.21 bits per heavy atom. The van der Waals surface area contributed by atoms with Gasteiger partial charge in [0, 0.05) is 0 Å². The summed E-state index contributed by atoms with van der Waals surface area (Å²) in [6.07, 6.45) is 2.89. The summed E-state index contributed by atoms with van der Waals surface area (Å²) in [7, 11) is -9.81. The Bertz CT molecular complexity index is 658. The summed E-state index contributed by atoms with van der Waals surface area (Å²) in [6.45, 7) is 12.5. The van der Waals surface area contributed by atoms with Gasteiger partial charge in [-0.15, -0.1) is 0 Å². The van der Waals surface area contributed by atoms with E-state index in [4.69, 9.17) is 27.1 Å². The Morgan fingerprint density at radius 1 is 0.515 bits per heavy atom. The highest BCUT2D eigenvalue weighted by Gasteiger charge is 2.42. The van der Waals surface area contributed by atoms with Crippen LogP contribution in [-0.2, 0) is 40.8 Å². The van der Waals surface area contributed by atoms with E-state index in [2.05, 4.69) is 0 Å². The van der Waals surface area contributed by atoms with E-state index in [-0.39, 0.29) is 43.3 Å². The molecule has 9 nitrogen and oxygen atoms in total. The van der Waals surface area contributed by atoms with Gasteiger partial charge in [-0.1, -0.05) is 0 Å². The highest BCUT2D eigenvalue weighted by atomic mass is 31.2. The van der Waals surface area contributed by atoms with Crippen molar-refractivity contribution >= 4 is 22.8 Å². The van der Waals surface area contributed by atoms with Crippen molar-refractivity contribution in [2.45, 2.75) is 60.8 Å². The normalized spacial score (nSPS) is 22.5. The standard InChI is InChI=1S/C21H45O9P3/c1-7-25-31(22,26-8-2)16-19-13-14-20(17-32(23,27-9-3)28-10-4)21(15-19)18-33(24,29-11-5)30-12-6/h19-21H,7-18H2,1-6H3/t19-,20+,21+/m1/s1. The van der Waals surface area contributed by atoms with E-state index in [0.29, 0.717) is 39.0 Å². The summed E-state index contributed by atoms with van der Waals surface area (Å²) in [6, 6.07) is 0. The molecule has 198 valence electrons. The Kier molecular flexibility index (Phi) is 14.8. The van der Waals surface area contributed by atoms with Crippen LogP contribution in [0, 0.1) is 17.8 Å². The van der Waals surface area contributed by atoms with Gasteiger partial charge >= 0.3 is 22.8 Å². The van der Waals surface area contributed by atoms with Crippen LogP contribution < -0.4 is 0 Å². The molecule has 12 heteroatoms. The van der Waals surface area contributed by atoms with Gasteiger partial charge in [0.05, 0.1) is 58.1 Å².